The van der Waals surface area contributed by atoms with Crippen molar-refractivity contribution in [1.82, 2.24) is 19.7 Å². The van der Waals surface area contributed by atoms with Crippen molar-refractivity contribution in [3.8, 4) is 5.69 Å². The molecule has 1 aromatic carbocycles. The first-order valence-corrected chi connectivity index (χ1v) is 9.31. The summed E-state index contributed by atoms with van der Waals surface area (Å²) in [5.41, 5.74) is -0.776. The Labute approximate surface area is 166 Å². The van der Waals surface area contributed by atoms with Gasteiger partial charge in [-0.25, -0.2) is 4.68 Å². The van der Waals surface area contributed by atoms with E-state index in [2.05, 4.69) is 15.1 Å². The Bertz CT molecular complexity index is 1170. The minimum Gasteiger partial charge on any atom is -0.393 e. The number of hydrogen-bond acceptors (Lipinski definition) is 5. The van der Waals surface area contributed by atoms with Crippen LogP contribution in [-0.4, -0.2) is 44.0 Å². The third-order valence-corrected chi connectivity index (χ3v) is 5.89. The van der Waals surface area contributed by atoms with E-state index in [-0.39, 0.29) is 33.3 Å². The third-order valence-electron chi connectivity index (χ3n) is 5.59. The number of hydrogen-bond donors (Lipinski definition) is 2. The molecule has 1 saturated carbocycles. The van der Waals surface area contributed by atoms with Crippen LogP contribution in [0.15, 0.2) is 29.2 Å². The average Bonchev–Trinajstić information content (AvgIpc) is 3.00. The first-order valence-electron chi connectivity index (χ1n) is 8.93. The first kappa shape index (κ1) is 18.4. The van der Waals surface area contributed by atoms with Gasteiger partial charge in [-0.3, -0.25) is 9.78 Å². The number of fused-ring (bicyclic) bond motifs is 1. The molecule has 0 unspecified atom stereocenters. The zero-order valence-corrected chi connectivity index (χ0v) is 15.6. The van der Waals surface area contributed by atoms with Crippen molar-refractivity contribution in [2.24, 2.45) is 5.41 Å². The van der Waals surface area contributed by atoms with E-state index in [4.69, 9.17) is 11.6 Å². The van der Waals surface area contributed by atoms with Gasteiger partial charge in [0.1, 0.15) is 5.39 Å². The molecule has 2 fully saturated rings. The molecule has 2 aliphatic rings. The van der Waals surface area contributed by atoms with Gasteiger partial charge in [0.15, 0.2) is 5.65 Å². The highest BCUT2D eigenvalue weighted by atomic mass is 35.5. The number of benzene rings is 1. The number of aromatic nitrogens is 4. The number of nitrogens with zero attached hydrogens (tertiary/aromatic N) is 4. The molecule has 5 rings (SSSR count). The smallest absolute Gasteiger partial charge is 0.393 e. The summed E-state index contributed by atoms with van der Waals surface area (Å²) in [7, 11) is 0. The molecule has 2 aromatic heterocycles. The van der Waals surface area contributed by atoms with Crippen LogP contribution in [-0.2, 0) is 6.18 Å². The van der Waals surface area contributed by atoms with Crippen molar-refractivity contribution in [1.29, 1.82) is 0 Å². The SMILES string of the molecule is O=c1[nH]c(N2CC3(CC(O)C3)C2)nc2nn(-c3ccc(C(F)(F)F)cc3Cl)cc12. The van der Waals surface area contributed by atoms with Crippen molar-refractivity contribution in [3.05, 3.63) is 45.3 Å². The molecule has 1 saturated heterocycles. The molecule has 3 aromatic rings. The van der Waals surface area contributed by atoms with Crippen molar-refractivity contribution < 1.29 is 18.3 Å². The van der Waals surface area contributed by atoms with Crippen molar-refractivity contribution in [2.75, 3.05) is 18.0 Å². The van der Waals surface area contributed by atoms with Crippen molar-refractivity contribution in [2.45, 2.75) is 25.1 Å². The molecule has 29 heavy (non-hydrogen) atoms. The fourth-order valence-corrected chi connectivity index (χ4v) is 4.43. The van der Waals surface area contributed by atoms with Crippen LogP contribution >= 0.6 is 11.6 Å². The average molecular weight is 426 g/mol. The molecule has 0 atom stereocenters. The highest BCUT2D eigenvalue weighted by molar-refractivity contribution is 6.32. The Hall–Kier alpha value is -2.59. The molecule has 0 radical (unpaired) electrons. The van der Waals surface area contributed by atoms with Crippen LogP contribution in [0, 0.1) is 5.41 Å². The Morgan fingerprint density at radius 1 is 1.28 bits per heavy atom. The van der Waals surface area contributed by atoms with Gasteiger partial charge in [0.25, 0.3) is 5.56 Å². The molecule has 0 bridgehead atoms. The highest BCUT2D eigenvalue weighted by Crippen LogP contribution is 2.48. The molecule has 0 amide bonds. The first-order chi connectivity index (χ1) is 13.6. The quantitative estimate of drug-likeness (QED) is 0.659. The number of nitrogens with one attached hydrogen (secondary N) is 1. The number of rotatable bonds is 2. The summed E-state index contributed by atoms with van der Waals surface area (Å²) in [6.45, 7) is 1.40. The Morgan fingerprint density at radius 3 is 2.62 bits per heavy atom. The van der Waals surface area contributed by atoms with E-state index in [0.717, 1.165) is 25.0 Å². The Kier molecular flexibility index (Phi) is 3.79. The van der Waals surface area contributed by atoms with Crippen LogP contribution in [0.4, 0.5) is 19.1 Å². The van der Waals surface area contributed by atoms with Gasteiger partial charge in [0.2, 0.25) is 5.95 Å². The van der Waals surface area contributed by atoms with Crippen molar-refractivity contribution in [3.63, 3.8) is 0 Å². The summed E-state index contributed by atoms with van der Waals surface area (Å²) in [5.74, 6) is 0.387. The predicted octanol–water partition coefficient (Wildman–Crippen LogP) is 2.74. The standard InChI is InChI=1S/C18H15ClF3N5O2/c19-12-3-9(18(20,21)22)1-2-13(12)27-6-11-14(25-27)23-16(24-15(11)29)26-7-17(8-26)4-10(28)5-17/h1-3,6,10,28H,4-5,7-8H2,(H,23,24,25,29). The van der Waals surface area contributed by atoms with Crippen LogP contribution in [0.1, 0.15) is 18.4 Å². The fourth-order valence-electron chi connectivity index (χ4n) is 4.16. The van der Waals surface area contributed by atoms with Crippen LogP contribution in [0.25, 0.3) is 16.7 Å². The van der Waals surface area contributed by atoms with Crippen LogP contribution in [0.5, 0.6) is 0 Å². The van der Waals surface area contributed by atoms with E-state index in [1.54, 1.807) is 0 Å². The Morgan fingerprint density at radius 2 is 2.00 bits per heavy atom. The summed E-state index contributed by atoms with van der Waals surface area (Å²) >= 11 is 6.02. The van der Waals surface area contributed by atoms with E-state index in [1.165, 1.54) is 16.9 Å². The molecule has 3 heterocycles. The second-order valence-electron chi connectivity index (χ2n) is 7.78. The van der Waals surface area contributed by atoms with Gasteiger partial charge >= 0.3 is 6.18 Å². The molecule has 1 aliphatic carbocycles. The maximum absolute atomic E-state index is 12.8. The van der Waals surface area contributed by atoms with E-state index in [1.807, 2.05) is 4.90 Å². The summed E-state index contributed by atoms with van der Waals surface area (Å²) in [5, 5.41) is 13.8. The van der Waals surface area contributed by atoms with Gasteiger partial charge in [-0.1, -0.05) is 11.6 Å². The van der Waals surface area contributed by atoms with Crippen molar-refractivity contribution >= 4 is 28.6 Å². The van der Waals surface area contributed by atoms with Gasteiger partial charge in [-0.2, -0.15) is 18.2 Å². The van der Waals surface area contributed by atoms with Crippen LogP contribution in [0.3, 0.4) is 0 Å². The topological polar surface area (TPSA) is 87.0 Å². The molecule has 1 spiro atoms. The lowest BCUT2D eigenvalue weighted by atomic mass is 9.62. The maximum atomic E-state index is 12.8. The normalized spacial score (nSPS) is 18.9. The summed E-state index contributed by atoms with van der Waals surface area (Å²) in [4.78, 5) is 21.5. The molecule has 2 N–H and O–H groups in total. The van der Waals surface area contributed by atoms with E-state index in [9.17, 15) is 23.1 Å². The molecule has 1 aliphatic heterocycles. The van der Waals surface area contributed by atoms with Crippen LogP contribution < -0.4 is 10.5 Å². The van der Waals surface area contributed by atoms with Gasteiger partial charge in [-0.05, 0) is 31.0 Å². The second-order valence-corrected chi connectivity index (χ2v) is 8.19. The molecule has 152 valence electrons. The minimum absolute atomic E-state index is 0.0973. The van der Waals surface area contributed by atoms with E-state index >= 15 is 0 Å². The summed E-state index contributed by atoms with van der Waals surface area (Å²) < 4.78 is 39.7. The lowest BCUT2D eigenvalue weighted by Crippen LogP contribution is -2.64. The number of H-pyrrole nitrogens is 1. The number of aliphatic hydroxyl groups is 1. The van der Waals surface area contributed by atoms with Crippen LogP contribution in [0.2, 0.25) is 5.02 Å². The largest absolute Gasteiger partial charge is 0.416 e. The number of alkyl halides is 3. The number of aliphatic hydroxyl groups excluding tert-OH is 1. The molecule has 7 nitrogen and oxygen atoms in total. The number of anilines is 1. The zero-order chi connectivity index (χ0) is 20.6. The number of aromatic amines is 1. The van der Waals surface area contributed by atoms with Gasteiger partial charge in [0, 0.05) is 24.7 Å². The lowest BCUT2D eigenvalue weighted by Gasteiger charge is -2.57. The maximum Gasteiger partial charge on any atom is 0.416 e. The lowest BCUT2D eigenvalue weighted by molar-refractivity contribution is -0.137. The van der Waals surface area contributed by atoms with Gasteiger partial charge in [0.05, 0.1) is 22.4 Å². The molecule has 11 heteroatoms. The summed E-state index contributed by atoms with van der Waals surface area (Å²) in [6.07, 6.45) is -1.88. The number of halogens is 4. The third kappa shape index (κ3) is 2.98. The monoisotopic (exact) mass is 425 g/mol. The highest BCUT2D eigenvalue weighted by Gasteiger charge is 2.52. The van der Waals surface area contributed by atoms with Gasteiger partial charge in [-0.15, -0.1) is 5.10 Å². The minimum atomic E-state index is -4.50. The zero-order valence-electron chi connectivity index (χ0n) is 14.9. The second kappa shape index (κ2) is 5.96. The molecular formula is C18H15ClF3N5O2. The van der Waals surface area contributed by atoms with E-state index in [0.29, 0.717) is 19.0 Å². The summed E-state index contributed by atoms with van der Waals surface area (Å²) in [6, 6.07) is 2.93. The van der Waals surface area contributed by atoms with E-state index < -0.39 is 17.3 Å². The Balaban J connectivity index is 1.47. The molecular weight excluding hydrogens is 411 g/mol. The predicted molar refractivity (Wildman–Crippen MR) is 99.4 cm³/mol. The van der Waals surface area contributed by atoms with Gasteiger partial charge < -0.3 is 10.0 Å². The fraction of sp³-hybridized carbons (Fsp3) is 0.389.